The predicted octanol–water partition coefficient (Wildman–Crippen LogP) is 3.47. The number of benzene rings is 2. The van der Waals surface area contributed by atoms with Crippen LogP contribution in [0.5, 0.6) is 5.75 Å². The van der Waals surface area contributed by atoms with Gasteiger partial charge in [0.1, 0.15) is 5.75 Å². The van der Waals surface area contributed by atoms with Crippen LogP contribution in [0.1, 0.15) is 23.7 Å². The smallest absolute Gasteiger partial charge is 0.261 e. The molecule has 0 radical (unpaired) electrons. The molecule has 0 atom stereocenters. The molecule has 10 heteroatoms. The Hall–Kier alpha value is -2.53. The molecule has 2 aromatic carbocycles. The minimum atomic E-state index is -3.57. The molecule has 1 amide bonds. The number of ether oxygens (including phenoxy) is 2. The van der Waals surface area contributed by atoms with Crippen molar-refractivity contribution in [3.05, 3.63) is 48.0 Å². The van der Waals surface area contributed by atoms with Crippen molar-refractivity contribution in [1.82, 2.24) is 9.88 Å². The molecule has 182 valence electrons. The molecule has 0 aliphatic carbocycles. The molecule has 1 aliphatic rings. The number of anilines is 1. The summed E-state index contributed by atoms with van der Waals surface area (Å²) >= 11 is 1.40. The first-order valence-corrected chi connectivity index (χ1v) is 14.0. The highest BCUT2D eigenvalue weighted by molar-refractivity contribution is 7.90. The Labute approximate surface area is 204 Å². The summed E-state index contributed by atoms with van der Waals surface area (Å²) in [5.41, 5.74) is 0.927. The highest BCUT2D eigenvalue weighted by Gasteiger charge is 2.26. The maximum Gasteiger partial charge on any atom is 0.261 e. The van der Waals surface area contributed by atoms with Gasteiger partial charge in [0, 0.05) is 32.4 Å². The number of rotatable bonds is 9. The van der Waals surface area contributed by atoms with Gasteiger partial charge in [-0.1, -0.05) is 23.5 Å². The van der Waals surface area contributed by atoms with Gasteiger partial charge in [-0.15, -0.1) is 0 Å². The average molecular weight is 504 g/mol. The summed E-state index contributed by atoms with van der Waals surface area (Å²) in [5, 5.41) is 0.541. The third-order valence-corrected chi connectivity index (χ3v) is 7.81. The number of fused-ring (bicyclic) bond motifs is 1. The molecule has 0 unspecified atom stereocenters. The lowest BCUT2D eigenvalue weighted by Crippen LogP contribution is -2.39. The number of sulfone groups is 1. The van der Waals surface area contributed by atoms with Gasteiger partial charge in [-0.25, -0.2) is 13.4 Å². The number of carbonyl (C=O) groups excluding carboxylic acids is 1. The second kappa shape index (κ2) is 10.8. The highest BCUT2D eigenvalue weighted by Crippen LogP contribution is 2.33. The van der Waals surface area contributed by atoms with E-state index in [1.807, 2.05) is 25.1 Å². The van der Waals surface area contributed by atoms with Crippen LogP contribution < -0.4 is 9.64 Å². The quantitative estimate of drug-likeness (QED) is 0.442. The van der Waals surface area contributed by atoms with Gasteiger partial charge in [0.05, 0.1) is 40.5 Å². The van der Waals surface area contributed by atoms with Crippen LogP contribution in [-0.4, -0.2) is 76.5 Å². The first-order valence-electron chi connectivity index (χ1n) is 11.3. The molecule has 0 spiro atoms. The fraction of sp³-hybridized carbons (Fsp3) is 0.417. The Bertz CT molecular complexity index is 1250. The lowest BCUT2D eigenvalue weighted by molar-refractivity contribution is 0.0376. The van der Waals surface area contributed by atoms with Crippen molar-refractivity contribution in [1.29, 1.82) is 0 Å². The first-order chi connectivity index (χ1) is 16.4. The molecule has 34 heavy (non-hydrogen) atoms. The van der Waals surface area contributed by atoms with Crippen LogP contribution >= 0.6 is 11.3 Å². The van der Waals surface area contributed by atoms with Crippen molar-refractivity contribution in [3.8, 4) is 5.75 Å². The zero-order chi connectivity index (χ0) is 24.1. The normalized spacial score (nSPS) is 14.9. The second-order valence-corrected chi connectivity index (χ2v) is 11.1. The maximum absolute atomic E-state index is 13.7. The molecule has 8 nitrogen and oxygen atoms in total. The van der Waals surface area contributed by atoms with E-state index in [0.717, 1.165) is 48.3 Å². The third-order valence-electron chi connectivity index (χ3n) is 5.61. The second-order valence-electron chi connectivity index (χ2n) is 8.09. The molecular formula is C24H29N3O5S2. The fourth-order valence-electron chi connectivity index (χ4n) is 3.94. The number of hydrogen-bond acceptors (Lipinski definition) is 8. The number of nitrogens with zero attached hydrogens (tertiary/aromatic N) is 3. The largest absolute Gasteiger partial charge is 0.494 e. The van der Waals surface area contributed by atoms with Crippen molar-refractivity contribution >= 4 is 42.4 Å². The van der Waals surface area contributed by atoms with Crippen molar-refractivity contribution < 1.29 is 22.7 Å². The molecule has 0 saturated carbocycles. The van der Waals surface area contributed by atoms with Crippen LogP contribution in [0.3, 0.4) is 0 Å². The van der Waals surface area contributed by atoms with E-state index < -0.39 is 9.84 Å². The van der Waals surface area contributed by atoms with Crippen LogP contribution in [0.2, 0.25) is 0 Å². The summed E-state index contributed by atoms with van der Waals surface area (Å²) in [6.07, 6.45) is 1.85. The maximum atomic E-state index is 13.7. The molecule has 4 rings (SSSR count). The topological polar surface area (TPSA) is 89.0 Å². The van der Waals surface area contributed by atoms with Crippen molar-refractivity contribution in [2.75, 3.05) is 57.2 Å². The Kier molecular flexibility index (Phi) is 7.82. The van der Waals surface area contributed by atoms with E-state index in [2.05, 4.69) is 4.90 Å². The van der Waals surface area contributed by atoms with Crippen molar-refractivity contribution in [2.24, 2.45) is 0 Å². The lowest BCUT2D eigenvalue weighted by Gasteiger charge is -2.28. The van der Waals surface area contributed by atoms with Gasteiger partial charge < -0.3 is 9.47 Å². The Balaban J connectivity index is 1.65. The standard InChI is InChI=1S/C24H29N3O5S2/c1-3-32-18-9-10-20-21(17-18)33-24(25-20)27(12-6-11-26-13-15-31-16-14-26)23(28)19-7-4-5-8-22(19)34(2,29)30/h4-5,7-10,17H,3,6,11-16H2,1-2H3. The van der Waals surface area contributed by atoms with E-state index in [1.54, 1.807) is 23.1 Å². The van der Waals surface area contributed by atoms with E-state index in [-0.39, 0.29) is 16.4 Å². The van der Waals surface area contributed by atoms with E-state index >= 15 is 0 Å². The van der Waals surface area contributed by atoms with Crippen LogP contribution in [0, 0.1) is 0 Å². The lowest BCUT2D eigenvalue weighted by atomic mass is 10.2. The fourth-order valence-corrected chi connectivity index (χ4v) is 5.84. The molecular weight excluding hydrogens is 474 g/mol. The van der Waals surface area contributed by atoms with Crippen molar-refractivity contribution in [3.63, 3.8) is 0 Å². The molecule has 1 fully saturated rings. The number of thiazole rings is 1. The molecule has 1 aromatic heterocycles. The SMILES string of the molecule is CCOc1ccc2nc(N(CCCN3CCOCC3)C(=O)c3ccccc3S(C)(=O)=O)sc2c1. The number of amides is 1. The number of carbonyl (C=O) groups is 1. The van der Waals surface area contributed by atoms with E-state index in [1.165, 1.54) is 17.4 Å². The van der Waals surface area contributed by atoms with Crippen LogP contribution in [0.4, 0.5) is 5.13 Å². The highest BCUT2D eigenvalue weighted by atomic mass is 32.2. The van der Waals surface area contributed by atoms with Crippen LogP contribution in [-0.2, 0) is 14.6 Å². The number of hydrogen-bond donors (Lipinski definition) is 0. The monoisotopic (exact) mass is 503 g/mol. The summed E-state index contributed by atoms with van der Waals surface area (Å²) in [6.45, 7) is 6.89. The summed E-state index contributed by atoms with van der Waals surface area (Å²) in [4.78, 5) is 22.4. The molecule has 0 bridgehead atoms. The molecule has 2 heterocycles. The van der Waals surface area contributed by atoms with Gasteiger partial charge >= 0.3 is 0 Å². The average Bonchev–Trinajstić information content (AvgIpc) is 3.25. The molecule has 3 aromatic rings. The zero-order valence-corrected chi connectivity index (χ0v) is 21.0. The van der Waals surface area contributed by atoms with Gasteiger partial charge in [0.2, 0.25) is 0 Å². The van der Waals surface area contributed by atoms with Gasteiger partial charge in [-0.3, -0.25) is 14.6 Å². The van der Waals surface area contributed by atoms with E-state index in [9.17, 15) is 13.2 Å². The predicted molar refractivity (Wildman–Crippen MR) is 134 cm³/mol. The number of aromatic nitrogens is 1. The van der Waals surface area contributed by atoms with Crippen LogP contribution in [0.25, 0.3) is 10.2 Å². The van der Waals surface area contributed by atoms with Gasteiger partial charge in [0.25, 0.3) is 5.91 Å². The Morgan fingerprint density at radius 3 is 2.71 bits per heavy atom. The van der Waals surface area contributed by atoms with E-state index in [0.29, 0.717) is 31.5 Å². The number of morpholine rings is 1. The minimum Gasteiger partial charge on any atom is -0.494 e. The van der Waals surface area contributed by atoms with Crippen molar-refractivity contribution in [2.45, 2.75) is 18.2 Å². The molecule has 1 saturated heterocycles. The summed E-state index contributed by atoms with van der Waals surface area (Å²) < 4.78 is 36.6. The summed E-state index contributed by atoms with van der Waals surface area (Å²) in [7, 11) is -3.57. The van der Waals surface area contributed by atoms with Gasteiger partial charge in [-0.05, 0) is 43.7 Å². The molecule has 0 N–H and O–H groups in total. The summed E-state index contributed by atoms with van der Waals surface area (Å²) in [6, 6.07) is 12.0. The molecule has 1 aliphatic heterocycles. The van der Waals surface area contributed by atoms with Crippen LogP contribution in [0.15, 0.2) is 47.4 Å². The zero-order valence-electron chi connectivity index (χ0n) is 19.4. The first kappa shape index (κ1) is 24.6. The summed E-state index contributed by atoms with van der Waals surface area (Å²) in [5.74, 6) is 0.380. The van der Waals surface area contributed by atoms with Gasteiger partial charge in [0.15, 0.2) is 15.0 Å². The third kappa shape index (κ3) is 5.75. The Morgan fingerprint density at radius 1 is 1.21 bits per heavy atom. The van der Waals surface area contributed by atoms with E-state index in [4.69, 9.17) is 14.5 Å². The minimum absolute atomic E-state index is 0.0259. The van der Waals surface area contributed by atoms with Gasteiger partial charge in [-0.2, -0.15) is 0 Å². The Morgan fingerprint density at radius 2 is 1.97 bits per heavy atom.